The van der Waals surface area contributed by atoms with E-state index in [4.69, 9.17) is 10.5 Å². The van der Waals surface area contributed by atoms with Gasteiger partial charge < -0.3 is 15.8 Å². The zero-order valence-corrected chi connectivity index (χ0v) is 13.0. The topological polar surface area (TPSA) is 81.4 Å². The summed E-state index contributed by atoms with van der Waals surface area (Å²) in [5, 5.41) is 3.34. The van der Waals surface area contributed by atoms with E-state index in [1.165, 1.54) is 0 Å². The van der Waals surface area contributed by atoms with Gasteiger partial charge in [0.2, 0.25) is 0 Å². The van der Waals surface area contributed by atoms with Gasteiger partial charge in [0.15, 0.2) is 0 Å². The van der Waals surface area contributed by atoms with Crippen LogP contribution in [0.5, 0.6) is 0 Å². The molecule has 0 bridgehead atoms. The van der Waals surface area contributed by atoms with Crippen molar-refractivity contribution in [3.63, 3.8) is 0 Å². The molecule has 20 heavy (non-hydrogen) atoms. The molecule has 0 aliphatic rings. The Kier molecular flexibility index (Phi) is 6.51. The molecular formula is C14H22N2O3S. The number of nitrogens with two attached hydrogens (primary N) is 1. The first-order chi connectivity index (χ1) is 9.45. The van der Waals surface area contributed by atoms with Crippen LogP contribution in [0.3, 0.4) is 0 Å². The lowest BCUT2D eigenvalue weighted by atomic mass is 10.1. The van der Waals surface area contributed by atoms with Crippen molar-refractivity contribution in [1.82, 2.24) is 0 Å². The number of hydrogen-bond acceptors (Lipinski definition) is 5. The predicted molar refractivity (Wildman–Crippen MR) is 83.4 cm³/mol. The third-order valence-electron chi connectivity index (χ3n) is 3.00. The molecule has 0 radical (unpaired) electrons. The molecule has 0 spiro atoms. The number of benzene rings is 1. The van der Waals surface area contributed by atoms with Crippen LogP contribution in [-0.2, 0) is 15.5 Å². The van der Waals surface area contributed by atoms with E-state index in [9.17, 15) is 9.00 Å². The van der Waals surface area contributed by atoms with Crippen molar-refractivity contribution in [1.29, 1.82) is 0 Å². The maximum absolute atomic E-state index is 11.7. The van der Waals surface area contributed by atoms with Crippen molar-refractivity contribution in [3.05, 3.63) is 23.8 Å². The van der Waals surface area contributed by atoms with E-state index in [0.717, 1.165) is 12.1 Å². The smallest absolute Gasteiger partial charge is 0.340 e. The van der Waals surface area contributed by atoms with Gasteiger partial charge in [-0.25, -0.2) is 4.79 Å². The molecule has 6 heteroatoms. The molecule has 1 aromatic rings. The maximum atomic E-state index is 11.7. The highest BCUT2D eigenvalue weighted by Gasteiger charge is 2.12. The molecule has 0 fully saturated rings. The summed E-state index contributed by atoms with van der Waals surface area (Å²) in [7, 11) is -0.820. The van der Waals surface area contributed by atoms with Gasteiger partial charge in [-0.15, -0.1) is 0 Å². The molecule has 1 aromatic carbocycles. The molecule has 3 N–H and O–H groups in total. The van der Waals surface area contributed by atoms with Crippen LogP contribution >= 0.6 is 0 Å². The highest BCUT2D eigenvalue weighted by Crippen LogP contribution is 2.19. The van der Waals surface area contributed by atoms with Crippen LogP contribution in [0.25, 0.3) is 0 Å². The average molecular weight is 298 g/mol. The number of anilines is 2. The fourth-order valence-corrected chi connectivity index (χ4v) is 2.09. The van der Waals surface area contributed by atoms with Gasteiger partial charge in [0, 0.05) is 40.2 Å². The normalized spacial score (nSPS) is 13.6. The van der Waals surface area contributed by atoms with Crippen LogP contribution in [0.15, 0.2) is 18.2 Å². The number of rotatable bonds is 7. The first kappa shape index (κ1) is 16.5. The fraction of sp³-hybridized carbons (Fsp3) is 0.500. The lowest BCUT2D eigenvalue weighted by molar-refractivity contribution is 0.0527. The monoisotopic (exact) mass is 298 g/mol. The number of carbonyl (C=O) groups is 1. The second-order valence-corrected chi connectivity index (χ2v) is 6.35. The van der Waals surface area contributed by atoms with Crippen LogP contribution in [0, 0.1) is 0 Å². The minimum Gasteiger partial charge on any atom is -0.462 e. The van der Waals surface area contributed by atoms with Crippen LogP contribution in [0.1, 0.15) is 30.6 Å². The first-order valence-corrected chi connectivity index (χ1v) is 8.20. The van der Waals surface area contributed by atoms with Crippen molar-refractivity contribution in [2.24, 2.45) is 0 Å². The second kappa shape index (κ2) is 7.89. The molecule has 5 nitrogen and oxygen atoms in total. The van der Waals surface area contributed by atoms with Crippen LogP contribution in [-0.4, -0.2) is 34.8 Å². The van der Waals surface area contributed by atoms with E-state index in [1.54, 1.807) is 25.3 Å². The summed E-state index contributed by atoms with van der Waals surface area (Å²) in [6.45, 7) is 4.70. The Morgan fingerprint density at radius 1 is 1.50 bits per heavy atom. The van der Waals surface area contributed by atoms with Gasteiger partial charge in [0.25, 0.3) is 0 Å². The number of carbonyl (C=O) groups excluding carboxylic acids is 1. The molecule has 0 heterocycles. The lowest BCUT2D eigenvalue weighted by Crippen LogP contribution is -2.15. The highest BCUT2D eigenvalue weighted by molar-refractivity contribution is 7.84. The molecule has 2 atom stereocenters. The van der Waals surface area contributed by atoms with Crippen molar-refractivity contribution >= 4 is 28.1 Å². The van der Waals surface area contributed by atoms with Gasteiger partial charge in [0.05, 0.1) is 12.2 Å². The molecule has 0 aliphatic heterocycles. The summed E-state index contributed by atoms with van der Waals surface area (Å²) in [5.74, 6) is -0.420. The summed E-state index contributed by atoms with van der Waals surface area (Å²) in [4.78, 5) is 11.7. The SMILES string of the molecule is CCOC(=O)c1cc(NCCC(C)S(C)=O)ccc1N. The Bertz CT molecular complexity index is 491. The molecule has 112 valence electrons. The lowest BCUT2D eigenvalue weighted by Gasteiger charge is -2.12. The largest absolute Gasteiger partial charge is 0.462 e. The van der Waals surface area contributed by atoms with Crippen molar-refractivity contribution in [2.75, 3.05) is 30.5 Å². The van der Waals surface area contributed by atoms with Crippen LogP contribution in [0.4, 0.5) is 11.4 Å². The van der Waals surface area contributed by atoms with Gasteiger partial charge in [-0.05, 0) is 31.5 Å². The Morgan fingerprint density at radius 2 is 2.20 bits per heavy atom. The van der Waals surface area contributed by atoms with Crippen molar-refractivity contribution in [3.8, 4) is 0 Å². The Morgan fingerprint density at radius 3 is 2.80 bits per heavy atom. The predicted octanol–water partition coefficient (Wildman–Crippen LogP) is 2.01. The minimum absolute atomic E-state index is 0.140. The Balaban J connectivity index is 2.66. The number of nitrogens with one attached hydrogen (secondary N) is 1. The van der Waals surface area contributed by atoms with Crippen LogP contribution in [0.2, 0.25) is 0 Å². The quantitative estimate of drug-likeness (QED) is 0.594. The molecule has 0 aliphatic carbocycles. The summed E-state index contributed by atoms with van der Waals surface area (Å²) < 4.78 is 16.2. The van der Waals surface area contributed by atoms with Gasteiger partial charge in [-0.3, -0.25) is 4.21 Å². The first-order valence-electron chi connectivity index (χ1n) is 6.58. The van der Waals surface area contributed by atoms with E-state index < -0.39 is 16.8 Å². The number of ether oxygens (including phenoxy) is 1. The fourth-order valence-electron chi connectivity index (χ4n) is 1.64. The van der Waals surface area contributed by atoms with Gasteiger partial charge in [0.1, 0.15) is 0 Å². The molecule has 0 aromatic heterocycles. The summed E-state index contributed by atoms with van der Waals surface area (Å²) in [6, 6.07) is 5.17. The zero-order chi connectivity index (χ0) is 15.1. The van der Waals surface area contributed by atoms with Gasteiger partial charge in [-0.2, -0.15) is 0 Å². The summed E-state index contributed by atoms with van der Waals surface area (Å²) >= 11 is 0. The van der Waals surface area contributed by atoms with E-state index in [-0.39, 0.29) is 5.25 Å². The highest BCUT2D eigenvalue weighted by atomic mass is 32.2. The third kappa shape index (κ3) is 4.85. The Hall–Kier alpha value is -1.56. The number of hydrogen-bond donors (Lipinski definition) is 2. The second-order valence-electron chi connectivity index (χ2n) is 4.55. The van der Waals surface area contributed by atoms with E-state index in [0.29, 0.717) is 24.4 Å². The molecular weight excluding hydrogens is 276 g/mol. The van der Waals surface area contributed by atoms with Crippen molar-refractivity contribution < 1.29 is 13.7 Å². The average Bonchev–Trinajstić information content (AvgIpc) is 2.40. The molecule has 0 saturated heterocycles. The third-order valence-corrected chi connectivity index (χ3v) is 4.36. The van der Waals surface area contributed by atoms with E-state index in [2.05, 4.69) is 5.32 Å². The minimum atomic E-state index is -0.820. The van der Waals surface area contributed by atoms with Crippen molar-refractivity contribution in [2.45, 2.75) is 25.5 Å². The summed E-state index contributed by atoms with van der Waals surface area (Å²) in [6.07, 6.45) is 2.50. The van der Waals surface area contributed by atoms with Crippen LogP contribution < -0.4 is 11.1 Å². The number of esters is 1. The molecule has 2 unspecified atom stereocenters. The number of nitrogen functional groups attached to an aromatic ring is 1. The summed E-state index contributed by atoms with van der Waals surface area (Å²) in [5.41, 5.74) is 7.34. The van der Waals surface area contributed by atoms with Gasteiger partial charge in [-0.1, -0.05) is 6.92 Å². The van der Waals surface area contributed by atoms with Gasteiger partial charge >= 0.3 is 5.97 Å². The standard InChI is InChI=1S/C14H22N2O3S/c1-4-19-14(17)12-9-11(5-6-13(12)15)16-8-7-10(2)20(3)18/h5-6,9-10,16H,4,7-8,15H2,1-3H3. The molecule has 1 rings (SSSR count). The van der Waals surface area contributed by atoms with E-state index >= 15 is 0 Å². The zero-order valence-electron chi connectivity index (χ0n) is 12.1. The van der Waals surface area contributed by atoms with E-state index in [1.807, 2.05) is 13.0 Å². The molecule has 0 saturated carbocycles. The maximum Gasteiger partial charge on any atom is 0.340 e. The Labute approximate surface area is 122 Å². The molecule has 0 amide bonds.